The van der Waals surface area contributed by atoms with Crippen LogP contribution in [0.25, 0.3) is 98.0 Å². The maximum absolute atomic E-state index is 13.7. The van der Waals surface area contributed by atoms with Crippen molar-refractivity contribution in [1.29, 1.82) is 0 Å². The maximum atomic E-state index is 13.7. The van der Waals surface area contributed by atoms with Crippen molar-refractivity contribution in [2.45, 2.75) is 26.8 Å². The molecular formula is C75H58F2N12O7S3. The number of aromatic hydroxyl groups is 4. The van der Waals surface area contributed by atoms with E-state index in [2.05, 4.69) is 53.5 Å². The number of aryl methyl sites for hydroxylation is 4. The normalized spacial score (nSPS) is 11.5. The predicted octanol–water partition coefficient (Wildman–Crippen LogP) is 18.4. The highest BCUT2D eigenvalue weighted by molar-refractivity contribution is 7.23. The summed E-state index contributed by atoms with van der Waals surface area (Å²) >= 11 is 4.52. The summed E-state index contributed by atoms with van der Waals surface area (Å²) in [4.78, 5) is 2.67. The third-order valence-electron chi connectivity index (χ3n) is 15.4. The van der Waals surface area contributed by atoms with Crippen LogP contribution in [0.2, 0.25) is 0 Å². The Morgan fingerprint density at radius 2 is 0.778 bits per heavy atom. The summed E-state index contributed by atoms with van der Waals surface area (Å²) in [6.45, 7) is 4.72. The van der Waals surface area contributed by atoms with E-state index in [0.717, 1.165) is 96.8 Å². The van der Waals surface area contributed by atoms with Crippen LogP contribution in [0.15, 0.2) is 194 Å². The molecule has 6 aromatic heterocycles. The molecule has 0 amide bonds. The van der Waals surface area contributed by atoms with Crippen LogP contribution < -0.4 is 14.2 Å². The topological polar surface area (TPSA) is 239 Å². The van der Waals surface area contributed by atoms with Gasteiger partial charge in [0.25, 0.3) is 0 Å². The number of phenolic OH excluding ortho intramolecular Hbond substituents is 4. The largest absolute Gasteiger partial charge is 0.508 e. The van der Waals surface area contributed by atoms with Gasteiger partial charge in [0, 0.05) is 50.9 Å². The fourth-order valence-corrected chi connectivity index (χ4v) is 14.0. The molecule has 24 heteroatoms. The van der Waals surface area contributed by atoms with Crippen LogP contribution in [0.1, 0.15) is 53.1 Å². The summed E-state index contributed by atoms with van der Waals surface area (Å²) in [5, 5.41) is 76.6. The Kier molecular flexibility index (Phi) is 19.4. The molecule has 99 heavy (non-hydrogen) atoms. The minimum atomic E-state index is -0.296. The van der Waals surface area contributed by atoms with Gasteiger partial charge < -0.3 is 34.6 Å². The van der Waals surface area contributed by atoms with E-state index < -0.39 is 0 Å². The first-order chi connectivity index (χ1) is 48.1. The molecule has 4 N–H and O–H groups in total. The van der Waals surface area contributed by atoms with E-state index in [1.807, 2.05) is 147 Å². The minimum absolute atomic E-state index is 0.185. The lowest BCUT2D eigenvalue weighted by Gasteiger charge is -2.10. The molecule has 0 aliphatic carbocycles. The highest BCUT2D eigenvalue weighted by Gasteiger charge is 2.22. The molecular weight excluding hydrogens is 1320 g/mol. The van der Waals surface area contributed by atoms with Crippen molar-refractivity contribution >= 4 is 101 Å². The number of rotatable bonds is 17. The number of tetrazole rings is 3. The molecule has 9 aromatic carbocycles. The van der Waals surface area contributed by atoms with Gasteiger partial charge in [-0.05, 0) is 241 Å². The van der Waals surface area contributed by atoms with Crippen molar-refractivity contribution in [3.05, 3.63) is 245 Å². The average molecular weight is 1370 g/mol. The zero-order valence-corrected chi connectivity index (χ0v) is 55.7. The highest BCUT2D eigenvalue weighted by atomic mass is 32.1. The summed E-state index contributed by atoms with van der Waals surface area (Å²) in [5.41, 5.74) is 6.42. The van der Waals surface area contributed by atoms with Crippen LogP contribution >= 0.6 is 34.0 Å². The summed E-state index contributed by atoms with van der Waals surface area (Å²) in [6, 6.07) is 56.7. The Hall–Kier alpha value is -12.3. The Morgan fingerprint density at radius 1 is 0.404 bits per heavy atom. The average Bonchev–Trinajstić information content (AvgIpc) is 1.15. The molecule has 0 aliphatic rings. The lowest BCUT2D eigenvalue weighted by molar-refractivity contribution is 0.474. The lowest BCUT2D eigenvalue weighted by atomic mass is 10.1. The smallest absolute Gasteiger partial charge is 0.174 e. The molecule has 0 fully saturated rings. The second-order valence-corrected chi connectivity index (χ2v) is 25.6. The molecule has 492 valence electrons. The van der Waals surface area contributed by atoms with Crippen molar-refractivity contribution < 1.29 is 43.4 Å². The Balaban J connectivity index is 0.000000134. The fraction of sp³-hybridized carbons (Fsp3) is 0.0800. The van der Waals surface area contributed by atoms with E-state index >= 15 is 0 Å². The summed E-state index contributed by atoms with van der Waals surface area (Å²) < 4.78 is 53.8. The Morgan fingerprint density at radius 3 is 1.19 bits per heavy atom. The second-order valence-electron chi connectivity index (χ2n) is 22.4. The maximum Gasteiger partial charge on any atom is 0.174 e. The molecule has 0 atom stereocenters. The van der Waals surface area contributed by atoms with Gasteiger partial charge in [0.1, 0.15) is 51.9 Å². The zero-order valence-electron chi connectivity index (χ0n) is 53.2. The highest BCUT2D eigenvalue weighted by Crippen LogP contribution is 2.51. The molecule has 0 bridgehead atoms. The van der Waals surface area contributed by atoms with E-state index in [9.17, 15) is 29.2 Å². The van der Waals surface area contributed by atoms with Gasteiger partial charge in [-0.2, -0.15) is 0 Å². The molecule has 15 rings (SSSR count). The molecule has 0 unspecified atom stereocenters. The quantitative estimate of drug-likeness (QED) is 0.0663. The van der Waals surface area contributed by atoms with E-state index in [0.29, 0.717) is 52.0 Å². The number of benzene rings is 9. The first kappa shape index (κ1) is 65.4. The number of halogens is 2. The SMILES string of the molecule is CCCn1nnnc1/C=C/c1ccc(Oc2c(-c3ccc(F)cc3C)sc3cc(O)ccc23)cc1.Cn1nnnc1/C=C/c1ccc(Oc2c(-c3ccc(F)cc3)sc3cc(O)ccc23)cc1.Cn1nnnc1/C=C/c1ccc(Oc2c(-c3ccc(O)cc3)sc3cc(O)ccc23)cc1. The van der Waals surface area contributed by atoms with Crippen LogP contribution in [0, 0.1) is 18.6 Å². The predicted molar refractivity (Wildman–Crippen MR) is 385 cm³/mol. The first-order valence-corrected chi connectivity index (χ1v) is 33.3. The third kappa shape index (κ3) is 15.4. The van der Waals surface area contributed by atoms with E-state index in [4.69, 9.17) is 14.2 Å². The second kappa shape index (κ2) is 29.4. The molecule has 0 radical (unpaired) electrons. The lowest BCUT2D eigenvalue weighted by Crippen LogP contribution is -2.01. The van der Waals surface area contributed by atoms with Crippen molar-refractivity contribution in [3.8, 4) is 88.8 Å². The van der Waals surface area contributed by atoms with Crippen molar-refractivity contribution in [2.75, 3.05) is 0 Å². The number of phenols is 4. The fourth-order valence-electron chi connectivity index (χ4n) is 10.4. The van der Waals surface area contributed by atoms with Gasteiger partial charge in [0.15, 0.2) is 34.7 Å². The van der Waals surface area contributed by atoms with Gasteiger partial charge in [0.05, 0.1) is 14.6 Å². The molecule has 15 aromatic rings. The first-order valence-electron chi connectivity index (χ1n) is 30.8. The summed E-state index contributed by atoms with van der Waals surface area (Å²) in [6.07, 6.45) is 12.3. The molecule has 0 aliphatic heterocycles. The van der Waals surface area contributed by atoms with E-state index in [-0.39, 0.29) is 34.6 Å². The number of aromatic nitrogens is 12. The van der Waals surface area contributed by atoms with Crippen LogP contribution in [0.5, 0.6) is 57.5 Å². The Labute approximate surface area is 576 Å². The third-order valence-corrected chi connectivity index (χ3v) is 19.0. The number of hydrogen-bond donors (Lipinski definition) is 4. The van der Waals surface area contributed by atoms with Crippen LogP contribution in [0.4, 0.5) is 8.78 Å². The standard InChI is InChI=1S/C27H23FN4O2S.C24H17FN4O2S.C24H18N4O3S/c1-3-14-32-25(29-30-31-32)13-6-18-4-9-21(10-5-18)34-26-23-12-8-20(33)16-24(23)35-27(26)22-11-7-19(28)15-17(22)2;1-29-22(26-27-28-29)13-4-15-2-10-19(11-3-15)31-23-20-12-9-18(30)14-21(20)32-24(23)16-5-7-17(25)8-6-16;1-28-22(25-26-27-28)13-4-15-2-10-19(11-3-15)31-23-20-12-9-18(30)14-21(20)32-24(23)16-5-7-17(29)8-6-16/h4-13,15-16,33H,3,14H2,1-2H3;2-14,30H,1H3;2-14,29-30H,1H3/b13-6+;2*13-4+. The van der Waals surface area contributed by atoms with Crippen molar-refractivity contribution in [2.24, 2.45) is 14.1 Å². The number of nitrogens with zero attached hydrogens (tertiary/aromatic N) is 12. The van der Waals surface area contributed by atoms with E-state index in [1.165, 1.54) is 58.3 Å². The number of ether oxygens (including phenoxy) is 3. The summed E-state index contributed by atoms with van der Waals surface area (Å²) in [5.74, 6) is 6.33. The van der Waals surface area contributed by atoms with Gasteiger partial charge in [-0.1, -0.05) is 79.7 Å². The van der Waals surface area contributed by atoms with E-state index in [1.54, 1.807) is 94.9 Å². The monoisotopic (exact) mass is 1370 g/mol. The van der Waals surface area contributed by atoms with Crippen LogP contribution in [0.3, 0.4) is 0 Å². The molecule has 6 heterocycles. The van der Waals surface area contributed by atoms with Gasteiger partial charge in [0.2, 0.25) is 0 Å². The molecule has 0 saturated carbocycles. The number of thiophene rings is 3. The van der Waals surface area contributed by atoms with Gasteiger partial charge in [-0.3, -0.25) is 0 Å². The Bertz CT molecular complexity index is 5210. The number of fused-ring (bicyclic) bond motifs is 3. The number of hydrogen-bond acceptors (Lipinski definition) is 19. The van der Waals surface area contributed by atoms with Crippen LogP contribution in [-0.2, 0) is 20.6 Å². The van der Waals surface area contributed by atoms with Gasteiger partial charge in [-0.15, -0.1) is 49.3 Å². The minimum Gasteiger partial charge on any atom is -0.508 e. The van der Waals surface area contributed by atoms with Gasteiger partial charge >= 0.3 is 0 Å². The van der Waals surface area contributed by atoms with Gasteiger partial charge in [-0.25, -0.2) is 22.8 Å². The van der Waals surface area contributed by atoms with Crippen molar-refractivity contribution in [1.82, 2.24) is 60.6 Å². The molecule has 0 saturated heterocycles. The summed E-state index contributed by atoms with van der Waals surface area (Å²) in [7, 11) is 3.56. The van der Waals surface area contributed by atoms with Crippen LogP contribution in [-0.4, -0.2) is 81.0 Å². The molecule has 19 nitrogen and oxygen atoms in total. The zero-order chi connectivity index (χ0) is 68.5. The molecule has 0 spiro atoms. The van der Waals surface area contributed by atoms with Crippen molar-refractivity contribution in [3.63, 3.8) is 0 Å².